The van der Waals surface area contributed by atoms with Crippen molar-refractivity contribution in [3.05, 3.63) is 315 Å². The van der Waals surface area contributed by atoms with Crippen molar-refractivity contribution in [3.8, 4) is 45.3 Å². The van der Waals surface area contributed by atoms with Gasteiger partial charge in [0.25, 0.3) is 13.4 Å². The fourth-order valence-electron chi connectivity index (χ4n) is 13.9. The van der Waals surface area contributed by atoms with E-state index in [1.165, 1.54) is 10.9 Å². The van der Waals surface area contributed by atoms with Crippen LogP contribution in [0.4, 0.5) is 68.2 Å². The first kappa shape index (κ1) is 49.4. The lowest BCUT2D eigenvalue weighted by Gasteiger charge is -2.43. The highest BCUT2D eigenvalue weighted by atomic mass is 16.5. The minimum Gasteiger partial charge on any atom is -0.458 e. The summed E-state index contributed by atoms with van der Waals surface area (Å²) in [5.74, 6) is 3.12. The third-order valence-electron chi connectivity index (χ3n) is 17.5. The van der Waals surface area contributed by atoms with E-state index in [2.05, 4.69) is 335 Å². The summed E-state index contributed by atoms with van der Waals surface area (Å²) in [6.45, 7) is -0.374. The normalized spacial score (nSPS) is 12.7. The zero-order valence-electron chi connectivity index (χ0n) is 46.8. The van der Waals surface area contributed by atoms with E-state index in [4.69, 9.17) is 9.47 Å². The SMILES string of the molecule is c1ccc(-c2ccccc2N(c2ccccc2)c2cc3c4c(c2)N(c2ccccc2)c2ccccc2B4c2cc4c(cc2O3)Oc2cc(N(c3ccccc3)c3ccccc3-c3ccccc3)cc3c2B4c2ccccc2N3c2ccccc2)cc1. The van der Waals surface area contributed by atoms with Crippen LogP contribution in [0, 0.1) is 0 Å². The van der Waals surface area contributed by atoms with Gasteiger partial charge in [-0.3, -0.25) is 0 Å². The largest absolute Gasteiger partial charge is 0.458 e. The molecule has 17 rings (SSSR count). The van der Waals surface area contributed by atoms with Crippen LogP contribution in [-0.4, -0.2) is 13.4 Å². The van der Waals surface area contributed by atoms with Gasteiger partial charge in [0.2, 0.25) is 0 Å². The molecule has 0 N–H and O–H groups in total. The third kappa shape index (κ3) is 7.98. The first-order valence-electron chi connectivity index (χ1n) is 29.5. The van der Waals surface area contributed by atoms with Gasteiger partial charge < -0.3 is 29.1 Å². The Morgan fingerprint density at radius 3 is 1.02 bits per heavy atom. The van der Waals surface area contributed by atoms with Gasteiger partial charge in [-0.15, -0.1) is 0 Å². The van der Waals surface area contributed by atoms with Crippen LogP contribution in [0.25, 0.3) is 22.3 Å². The molecule has 0 saturated carbocycles. The van der Waals surface area contributed by atoms with Crippen molar-refractivity contribution in [2.24, 2.45) is 0 Å². The lowest BCUT2D eigenvalue weighted by molar-refractivity contribution is 0.466. The predicted octanol–water partition coefficient (Wildman–Crippen LogP) is 16.8. The van der Waals surface area contributed by atoms with E-state index in [-0.39, 0.29) is 13.4 Å². The van der Waals surface area contributed by atoms with Crippen LogP contribution in [0.3, 0.4) is 0 Å². The maximum Gasteiger partial charge on any atom is 0.256 e. The Labute approximate surface area is 501 Å². The quantitative estimate of drug-likeness (QED) is 0.127. The van der Waals surface area contributed by atoms with Crippen molar-refractivity contribution < 1.29 is 9.47 Å². The lowest BCUT2D eigenvalue weighted by atomic mass is 9.31. The van der Waals surface area contributed by atoms with Crippen LogP contribution < -0.4 is 61.9 Å². The van der Waals surface area contributed by atoms with Crippen LogP contribution in [-0.2, 0) is 0 Å². The van der Waals surface area contributed by atoms with E-state index in [1.54, 1.807) is 0 Å². The summed E-state index contributed by atoms with van der Waals surface area (Å²) in [5.41, 5.74) is 24.0. The summed E-state index contributed by atoms with van der Waals surface area (Å²) < 4.78 is 15.2. The third-order valence-corrected chi connectivity index (χ3v) is 17.5. The van der Waals surface area contributed by atoms with Gasteiger partial charge in [0.15, 0.2) is 0 Å². The van der Waals surface area contributed by atoms with E-state index in [0.29, 0.717) is 0 Å². The second-order valence-corrected chi connectivity index (χ2v) is 22.3. The smallest absolute Gasteiger partial charge is 0.256 e. The molecule has 0 fully saturated rings. The maximum atomic E-state index is 7.59. The number of anilines is 12. The second kappa shape index (κ2) is 20.3. The van der Waals surface area contributed by atoms with Crippen molar-refractivity contribution in [1.82, 2.24) is 0 Å². The fraction of sp³-hybridized carbons (Fsp3) is 0. The van der Waals surface area contributed by atoms with Crippen molar-refractivity contribution in [3.63, 3.8) is 0 Å². The lowest BCUT2D eigenvalue weighted by Crippen LogP contribution is -2.63. The van der Waals surface area contributed by atoms with Gasteiger partial charge in [-0.25, -0.2) is 0 Å². The van der Waals surface area contributed by atoms with Crippen LogP contribution in [0.15, 0.2) is 315 Å². The molecule has 86 heavy (non-hydrogen) atoms. The zero-order chi connectivity index (χ0) is 56.7. The predicted molar refractivity (Wildman–Crippen MR) is 358 cm³/mol. The van der Waals surface area contributed by atoms with Gasteiger partial charge >= 0.3 is 0 Å². The Morgan fingerprint density at radius 2 is 0.605 bits per heavy atom. The molecule has 0 saturated heterocycles. The first-order chi connectivity index (χ1) is 42.7. The number of nitrogens with zero attached hydrogens (tertiary/aromatic N) is 4. The molecule has 0 spiro atoms. The summed E-state index contributed by atoms with van der Waals surface area (Å²) in [7, 11) is 0. The summed E-state index contributed by atoms with van der Waals surface area (Å²) in [5, 5.41) is 0. The average molecular weight is 1100 g/mol. The maximum absolute atomic E-state index is 7.59. The molecule has 0 aromatic heterocycles. The Balaban J connectivity index is 0.896. The monoisotopic (exact) mass is 1100 g/mol. The van der Waals surface area contributed by atoms with E-state index in [9.17, 15) is 0 Å². The van der Waals surface area contributed by atoms with E-state index in [0.717, 1.165) is 135 Å². The van der Waals surface area contributed by atoms with Crippen molar-refractivity contribution in [2.75, 3.05) is 19.6 Å². The Morgan fingerprint density at radius 1 is 0.256 bits per heavy atom. The summed E-state index contributed by atoms with van der Waals surface area (Å²) in [6.07, 6.45) is 0. The van der Waals surface area contributed by atoms with Gasteiger partial charge in [-0.1, -0.05) is 212 Å². The topological polar surface area (TPSA) is 31.4 Å². The highest BCUT2D eigenvalue weighted by Gasteiger charge is 2.47. The van der Waals surface area contributed by atoms with Gasteiger partial charge in [-0.2, -0.15) is 0 Å². The molecule has 13 aromatic carbocycles. The zero-order valence-corrected chi connectivity index (χ0v) is 46.8. The molecule has 0 aliphatic carbocycles. The van der Waals surface area contributed by atoms with E-state index >= 15 is 0 Å². The highest BCUT2D eigenvalue weighted by Crippen LogP contribution is 2.51. The molecule has 6 nitrogen and oxygen atoms in total. The minimum atomic E-state index is -0.187. The molecule has 13 aromatic rings. The van der Waals surface area contributed by atoms with Crippen LogP contribution in [0.2, 0.25) is 0 Å². The van der Waals surface area contributed by atoms with Gasteiger partial charge in [0.05, 0.1) is 22.7 Å². The molecule has 0 bridgehead atoms. The average Bonchev–Trinajstić information content (AvgIpc) is 0.734. The summed E-state index contributed by atoms with van der Waals surface area (Å²) in [4.78, 5) is 9.63. The van der Waals surface area contributed by atoms with Gasteiger partial charge in [0, 0.05) is 74.8 Å². The molecular formula is C78H52B2N4O2. The fourth-order valence-corrected chi connectivity index (χ4v) is 13.9. The summed E-state index contributed by atoms with van der Waals surface area (Å²) >= 11 is 0. The molecule has 0 radical (unpaired) electrons. The van der Waals surface area contributed by atoms with Gasteiger partial charge in [-0.05, 0) is 129 Å². The van der Waals surface area contributed by atoms with Gasteiger partial charge in [0.1, 0.15) is 23.0 Å². The molecular weight excluding hydrogens is 1050 g/mol. The number of ether oxygens (including phenoxy) is 2. The minimum absolute atomic E-state index is 0.187. The molecule has 0 amide bonds. The van der Waals surface area contributed by atoms with Crippen molar-refractivity contribution in [1.29, 1.82) is 0 Å². The molecule has 4 heterocycles. The van der Waals surface area contributed by atoms with Crippen LogP contribution >= 0.6 is 0 Å². The van der Waals surface area contributed by atoms with Crippen molar-refractivity contribution in [2.45, 2.75) is 0 Å². The number of para-hydroxylation sites is 8. The number of hydrogen-bond acceptors (Lipinski definition) is 6. The van der Waals surface area contributed by atoms with Crippen molar-refractivity contribution >= 4 is 114 Å². The number of benzene rings is 13. The van der Waals surface area contributed by atoms with E-state index < -0.39 is 0 Å². The number of hydrogen-bond donors (Lipinski definition) is 0. The molecule has 0 atom stereocenters. The standard InChI is InChI=1S/C78H52B2N4O2/c1-7-27-53(28-8-1)61-39-19-23-43-67(61)81(55-31-11-3-12-32-55)59-47-71-77-75(49-59)85-73-52-74-66(51-65(73)79(77)63-41-21-25-45-69(63)83(71)57-35-15-5-16-36-57)80-64-42-22-26-46-70(64)84(58-37-17-6-18-38-58)72-48-60(50-76(86-74)78(72)80)82(56-33-13-4-14-34-56)68-44-24-20-40-62(68)54-29-9-2-10-30-54/h1-52H. The second-order valence-electron chi connectivity index (χ2n) is 22.3. The molecule has 0 unspecified atom stereocenters. The molecule has 4 aliphatic rings. The molecule has 402 valence electrons. The molecule has 4 aliphatic heterocycles. The summed E-state index contributed by atoms with van der Waals surface area (Å²) in [6, 6.07) is 113. The van der Waals surface area contributed by atoms with E-state index in [1.807, 2.05) is 0 Å². The highest BCUT2D eigenvalue weighted by molar-refractivity contribution is 7.02. The Kier molecular flexibility index (Phi) is 11.7. The first-order valence-corrected chi connectivity index (χ1v) is 29.5. The van der Waals surface area contributed by atoms with Crippen LogP contribution in [0.5, 0.6) is 23.0 Å². The molecule has 8 heteroatoms. The Hall–Kier alpha value is -11.2. The van der Waals surface area contributed by atoms with Crippen LogP contribution in [0.1, 0.15) is 0 Å². The number of rotatable bonds is 10. The number of fused-ring (bicyclic) bond motifs is 8. The Bertz CT molecular complexity index is 4450.